The lowest BCUT2D eigenvalue weighted by Crippen LogP contribution is -2.26. The Morgan fingerprint density at radius 2 is 1.25 bits per heavy atom. The van der Waals surface area contributed by atoms with Gasteiger partial charge in [0.2, 0.25) is 0 Å². The Balaban J connectivity index is 1.96. The van der Waals surface area contributed by atoms with Crippen molar-refractivity contribution >= 4 is 6.98 Å². The Kier molecular flexibility index (Phi) is 4.22. The molecule has 0 heterocycles. The standard InChI is InChI=1S/C14H13BF3O2/c1-11-2-4-13(5-3-11)20-14-8-6-12(7-9-14)19-10-15(16,17)18/h2-9H,10H2,1H3/q-1. The van der Waals surface area contributed by atoms with Crippen molar-refractivity contribution in [2.75, 3.05) is 6.51 Å². The fourth-order valence-electron chi connectivity index (χ4n) is 1.54. The van der Waals surface area contributed by atoms with Crippen LogP contribution in [0.5, 0.6) is 17.2 Å². The van der Waals surface area contributed by atoms with Crippen molar-refractivity contribution in [1.29, 1.82) is 0 Å². The smallest absolute Gasteiger partial charge is 0.515 e. The van der Waals surface area contributed by atoms with E-state index in [0.29, 0.717) is 11.5 Å². The second kappa shape index (κ2) is 5.90. The highest BCUT2D eigenvalue weighted by atomic mass is 19.4. The molecule has 0 saturated carbocycles. The Morgan fingerprint density at radius 1 is 0.800 bits per heavy atom. The van der Waals surface area contributed by atoms with Crippen LogP contribution in [-0.2, 0) is 0 Å². The molecule has 2 aromatic rings. The van der Waals surface area contributed by atoms with Gasteiger partial charge in [-0.15, -0.1) is 0 Å². The highest BCUT2D eigenvalue weighted by molar-refractivity contribution is 6.58. The molecule has 0 aliphatic rings. The Morgan fingerprint density at radius 3 is 1.75 bits per heavy atom. The third-order valence-corrected chi connectivity index (χ3v) is 2.52. The summed E-state index contributed by atoms with van der Waals surface area (Å²) in [5.41, 5.74) is 1.12. The molecule has 0 spiro atoms. The van der Waals surface area contributed by atoms with Crippen molar-refractivity contribution in [2.45, 2.75) is 6.92 Å². The number of benzene rings is 2. The molecule has 2 nitrogen and oxygen atoms in total. The minimum Gasteiger partial charge on any atom is -0.522 e. The highest BCUT2D eigenvalue weighted by Gasteiger charge is 2.24. The van der Waals surface area contributed by atoms with Crippen LogP contribution in [0.25, 0.3) is 0 Å². The number of hydrogen-bond donors (Lipinski definition) is 0. The molecule has 20 heavy (non-hydrogen) atoms. The van der Waals surface area contributed by atoms with Crippen molar-refractivity contribution in [3.8, 4) is 17.2 Å². The van der Waals surface area contributed by atoms with E-state index >= 15 is 0 Å². The van der Waals surface area contributed by atoms with Gasteiger partial charge in [-0.25, -0.2) is 0 Å². The van der Waals surface area contributed by atoms with Crippen molar-refractivity contribution in [3.63, 3.8) is 0 Å². The molecule has 0 radical (unpaired) electrons. The van der Waals surface area contributed by atoms with Gasteiger partial charge < -0.3 is 22.4 Å². The highest BCUT2D eigenvalue weighted by Crippen LogP contribution is 2.24. The van der Waals surface area contributed by atoms with Gasteiger partial charge in [0.15, 0.2) is 0 Å². The SMILES string of the molecule is Cc1ccc(Oc2ccc(OC[B-](F)(F)F)cc2)cc1. The summed E-state index contributed by atoms with van der Waals surface area (Å²) in [6, 6.07) is 13.5. The Bertz CT molecular complexity index is 550. The molecule has 2 aromatic carbocycles. The number of ether oxygens (including phenoxy) is 2. The molecule has 0 atom stereocenters. The predicted octanol–water partition coefficient (Wildman–Crippen LogP) is 4.55. The van der Waals surface area contributed by atoms with E-state index in [-0.39, 0.29) is 5.75 Å². The second-order valence-electron chi connectivity index (χ2n) is 4.41. The van der Waals surface area contributed by atoms with Crippen LogP contribution in [0.15, 0.2) is 48.5 Å². The largest absolute Gasteiger partial charge is 0.522 e. The van der Waals surface area contributed by atoms with Gasteiger partial charge in [-0.3, -0.25) is 0 Å². The average molecular weight is 281 g/mol. The monoisotopic (exact) mass is 281 g/mol. The van der Waals surface area contributed by atoms with Gasteiger partial charge in [0.05, 0.1) is 6.51 Å². The number of halogens is 3. The molecule has 2 rings (SSSR count). The van der Waals surface area contributed by atoms with E-state index in [1.165, 1.54) is 12.1 Å². The zero-order valence-corrected chi connectivity index (χ0v) is 10.9. The van der Waals surface area contributed by atoms with Crippen LogP contribution < -0.4 is 9.47 Å². The van der Waals surface area contributed by atoms with Crippen LogP contribution in [0, 0.1) is 6.92 Å². The third-order valence-electron chi connectivity index (χ3n) is 2.52. The van der Waals surface area contributed by atoms with E-state index < -0.39 is 13.5 Å². The summed E-state index contributed by atoms with van der Waals surface area (Å²) in [5, 5.41) is 0. The lowest BCUT2D eigenvalue weighted by Gasteiger charge is -2.15. The first-order valence-corrected chi connectivity index (χ1v) is 6.11. The summed E-state index contributed by atoms with van der Waals surface area (Å²) in [7, 11) is 0. The van der Waals surface area contributed by atoms with Crippen molar-refractivity contribution in [1.82, 2.24) is 0 Å². The minimum absolute atomic E-state index is 0.167. The van der Waals surface area contributed by atoms with E-state index in [0.717, 1.165) is 5.56 Å². The number of aryl methyl sites for hydroxylation is 1. The van der Waals surface area contributed by atoms with E-state index in [1.807, 2.05) is 31.2 Å². The molecular weight excluding hydrogens is 268 g/mol. The maximum absolute atomic E-state index is 12.1. The molecule has 0 fully saturated rings. The van der Waals surface area contributed by atoms with Gasteiger partial charge in [0.1, 0.15) is 17.2 Å². The molecule has 0 aliphatic carbocycles. The van der Waals surface area contributed by atoms with Crippen molar-refractivity contribution in [2.24, 2.45) is 0 Å². The molecule has 0 N–H and O–H groups in total. The zero-order valence-electron chi connectivity index (χ0n) is 10.9. The van der Waals surface area contributed by atoms with Gasteiger partial charge in [0.25, 0.3) is 0 Å². The second-order valence-corrected chi connectivity index (χ2v) is 4.41. The van der Waals surface area contributed by atoms with E-state index in [2.05, 4.69) is 4.74 Å². The molecule has 0 unspecified atom stereocenters. The molecule has 6 heteroatoms. The maximum atomic E-state index is 12.1. The first-order chi connectivity index (χ1) is 9.42. The average Bonchev–Trinajstić information content (AvgIpc) is 2.40. The van der Waals surface area contributed by atoms with Gasteiger partial charge in [-0.1, -0.05) is 17.7 Å². The molecular formula is C14H13BF3O2-. The van der Waals surface area contributed by atoms with Gasteiger partial charge in [0, 0.05) is 0 Å². The molecule has 0 aromatic heterocycles. The lowest BCUT2D eigenvalue weighted by atomic mass is 9.95. The van der Waals surface area contributed by atoms with Crippen molar-refractivity contribution < 1.29 is 22.4 Å². The summed E-state index contributed by atoms with van der Waals surface area (Å²) in [6.45, 7) is -4.21. The summed E-state index contributed by atoms with van der Waals surface area (Å²) in [5.74, 6) is 1.38. The molecule has 0 amide bonds. The fourth-order valence-corrected chi connectivity index (χ4v) is 1.54. The van der Waals surface area contributed by atoms with Gasteiger partial charge >= 0.3 is 6.98 Å². The first kappa shape index (κ1) is 14.3. The summed E-state index contributed by atoms with van der Waals surface area (Å²) < 4.78 is 46.4. The zero-order chi connectivity index (χ0) is 14.6. The number of hydrogen-bond acceptors (Lipinski definition) is 2. The quantitative estimate of drug-likeness (QED) is 0.748. The maximum Gasteiger partial charge on any atom is 0.515 e. The predicted molar refractivity (Wildman–Crippen MR) is 72.3 cm³/mol. The number of rotatable bonds is 5. The van der Waals surface area contributed by atoms with Crippen LogP contribution in [0.2, 0.25) is 0 Å². The summed E-state index contributed by atoms with van der Waals surface area (Å²) in [4.78, 5) is 0. The van der Waals surface area contributed by atoms with Crippen LogP contribution in [-0.4, -0.2) is 13.5 Å². The van der Waals surface area contributed by atoms with Gasteiger partial charge in [-0.2, -0.15) is 0 Å². The van der Waals surface area contributed by atoms with Gasteiger partial charge in [-0.05, 0) is 43.3 Å². The molecule has 0 aliphatic heterocycles. The van der Waals surface area contributed by atoms with Crippen LogP contribution in [0.3, 0.4) is 0 Å². The lowest BCUT2D eigenvalue weighted by molar-refractivity contribution is 0.313. The van der Waals surface area contributed by atoms with E-state index in [4.69, 9.17) is 4.74 Å². The van der Waals surface area contributed by atoms with Crippen LogP contribution in [0.1, 0.15) is 5.56 Å². The fraction of sp³-hybridized carbons (Fsp3) is 0.143. The molecule has 0 bridgehead atoms. The topological polar surface area (TPSA) is 18.5 Å². The summed E-state index contributed by atoms with van der Waals surface area (Å²) >= 11 is 0. The third kappa shape index (κ3) is 4.53. The molecule has 0 saturated heterocycles. The first-order valence-electron chi connectivity index (χ1n) is 6.11. The Hall–Kier alpha value is -2.11. The van der Waals surface area contributed by atoms with Crippen molar-refractivity contribution in [3.05, 3.63) is 54.1 Å². The normalized spacial score (nSPS) is 11.2. The minimum atomic E-state index is -4.94. The van der Waals surface area contributed by atoms with E-state index in [9.17, 15) is 12.9 Å². The van der Waals surface area contributed by atoms with E-state index in [1.54, 1.807) is 12.1 Å². The Labute approximate surface area is 115 Å². The summed E-state index contributed by atoms with van der Waals surface area (Å²) in [6.07, 6.45) is 0. The van der Waals surface area contributed by atoms with Crippen LogP contribution >= 0.6 is 0 Å². The molecule has 106 valence electrons. The van der Waals surface area contributed by atoms with Crippen LogP contribution in [0.4, 0.5) is 12.9 Å².